The second-order valence-corrected chi connectivity index (χ2v) is 3.60. The van der Waals surface area contributed by atoms with Gasteiger partial charge in [0.25, 0.3) is 0 Å². The maximum absolute atomic E-state index is 4.93. The number of hydrogen-bond donors (Lipinski definition) is 1. The number of rotatable bonds is 2. The molecule has 0 saturated carbocycles. The molecule has 0 bridgehead atoms. The van der Waals surface area contributed by atoms with Crippen LogP contribution in [-0.2, 0) is 4.84 Å². The zero-order chi connectivity index (χ0) is 7.49. The van der Waals surface area contributed by atoms with E-state index in [0.29, 0.717) is 17.9 Å². The summed E-state index contributed by atoms with van der Waals surface area (Å²) in [5.74, 6) is 5.44. The second kappa shape index (κ2) is 3.18. The third-order valence-electron chi connectivity index (χ3n) is 1.82. The fourth-order valence-electron chi connectivity index (χ4n) is 0.394. The first-order chi connectivity index (χ1) is 3.98. The Morgan fingerprint density at radius 3 is 2.00 bits per heavy atom. The minimum atomic E-state index is 0.305. The maximum atomic E-state index is 4.93. The van der Waals surface area contributed by atoms with Gasteiger partial charge in [-0.05, 0) is 11.3 Å². The summed E-state index contributed by atoms with van der Waals surface area (Å²) in [6.07, 6.45) is 0. The molecule has 0 aliphatic carbocycles. The predicted molar refractivity (Wildman–Crippen MR) is 38.8 cm³/mol. The van der Waals surface area contributed by atoms with Gasteiger partial charge in [0.05, 0.1) is 6.61 Å². The van der Waals surface area contributed by atoms with E-state index in [-0.39, 0.29) is 0 Å². The first kappa shape index (κ1) is 8.92. The summed E-state index contributed by atoms with van der Waals surface area (Å²) in [5.41, 5.74) is 0.305. The lowest BCUT2D eigenvalue weighted by Crippen LogP contribution is -2.23. The van der Waals surface area contributed by atoms with E-state index in [9.17, 15) is 0 Å². The Morgan fingerprint density at radius 2 is 1.89 bits per heavy atom. The molecule has 0 aromatic heterocycles. The van der Waals surface area contributed by atoms with Crippen LogP contribution in [0.25, 0.3) is 0 Å². The molecule has 0 amide bonds. The van der Waals surface area contributed by atoms with E-state index in [0.717, 1.165) is 0 Å². The van der Waals surface area contributed by atoms with Crippen molar-refractivity contribution in [3.05, 3.63) is 0 Å². The second-order valence-electron chi connectivity index (χ2n) is 3.60. The Labute approximate surface area is 57.3 Å². The van der Waals surface area contributed by atoms with Crippen LogP contribution in [0.1, 0.15) is 27.7 Å². The summed E-state index contributed by atoms with van der Waals surface area (Å²) in [6, 6.07) is 0. The molecule has 56 valence electrons. The van der Waals surface area contributed by atoms with Crippen molar-refractivity contribution in [3.8, 4) is 0 Å². The molecule has 2 heteroatoms. The standard InChI is InChI=1S/C7H17NO/c1-6(5-9-8)7(2,3)4/h6H,5,8H2,1-4H3. The molecule has 1 unspecified atom stereocenters. The monoisotopic (exact) mass is 131 g/mol. The number of nitrogens with two attached hydrogens (primary N) is 1. The van der Waals surface area contributed by atoms with Gasteiger partial charge in [-0.1, -0.05) is 27.7 Å². The normalized spacial score (nSPS) is 15.7. The largest absolute Gasteiger partial charge is 0.304 e. The molecule has 0 radical (unpaired) electrons. The Kier molecular flexibility index (Phi) is 3.15. The average molecular weight is 131 g/mol. The van der Waals surface area contributed by atoms with Crippen molar-refractivity contribution in [2.75, 3.05) is 6.61 Å². The van der Waals surface area contributed by atoms with Crippen molar-refractivity contribution in [2.24, 2.45) is 17.2 Å². The lowest BCUT2D eigenvalue weighted by molar-refractivity contribution is 0.0645. The van der Waals surface area contributed by atoms with Gasteiger partial charge >= 0.3 is 0 Å². The summed E-state index contributed by atoms with van der Waals surface area (Å²) >= 11 is 0. The van der Waals surface area contributed by atoms with E-state index in [1.807, 2.05) is 0 Å². The van der Waals surface area contributed by atoms with E-state index in [1.165, 1.54) is 0 Å². The molecule has 0 aliphatic rings. The summed E-state index contributed by atoms with van der Waals surface area (Å²) in [5, 5.41) is 0. The van der Waals surface area contributed by atoms with E-state index in [2.05, 4.69) is 32.5 Å². The molecule has 2 nitrogen and oxygen atoms in total. The molecule has 9 heavy (non-hydrogen) atoms. The van der Waals surface area contributed by atoms with Gasteiger partial charge in [-0.15, -0.1) is 0 Å². The van der Waals surface area contributed by atoms with Crippen LogP contribution in [0.15, 0.2) is 0 Å². The minimum absolute atomic E-state index is 0.305. The molecular weight excluding hydrogens is 114 g/mol. The van der Waals surface area contributed by atoms with Gasteiger partial charge in [-0.25, -0.2) is 5.90 Å². The highest BCUT2D eigenvalue weighted by Crippen LogP contribution is 2.24. The summed E-state index contributed by atoms with van der Waals surface area (Å²) in [6.45, 7) is 9.31. The fourth-order valence-corrected chi connectivity index (χ4v) is 0.394. The average Bonchev–Trinajstić information content (AvgIpc) is 1.64. The molecule has 0 heterocycles. The SMILES string of the molecule is CC(CON)C(C)(C)C. The van der Waals surface area contributed by atoms with E-state index in [1.54, 1.807) is 0 Å². The van der Waals surface area contributed by atoms with Crippen LogP contribution in [0.4, 0.5) is 0 Å². The van der Waals surface area contributed by atoms with Gasteiger partial charge in [0.15, 0.2) is 0 Å². The molecular formula is C7H17NO. The molecule has 2 N–H and O–H groups in total. The van der Waals surface area contributed by atoms with Crippen LogP contribution < -0.4 is 5.90 Å². The zero-order valence-corrected chi connectivity index (χ0v) is 6.77. The van der Waals surface area contributed by atoms with Crippen LogP contribution in [0.2, 0.25) is 0 Å². The first-order valence-electron chi connectivity index (χ1n) is 3.30. The Morgan fingerprint density at radius 1 is 1.44 bits per heavy atom. The Hall–Kier alpha value is -0.0800. The first-order valence-corrected chi connectivity index (χ1v) is 3.30. The summed E-state index contributed by atoms with van der Waals surface area (Å²) in [7, 11) is 0. The van der Waals surface area contributed by atoms with E-state index >= 15 is 0 Å². The van der Waals surface area contributed by atoms with E-state index < -0.39 is 0 Å². The zero-order valence-electron chi connectivity index (χ0n) is 6.77. The van der Waals surface area contributed by atoms with Crippen LogP contribution >= 0.6 is 0 Å². The van der Waals surface area contributed by atoms with Crippen molar-refractivity contribution >= 4 is 0 Å². The Bertz CT molecular complexity index is 75.5. The predicted octanol–water partition coefficient (Wildman–Crippen LogP) is 1.56. The highest BCUT2D eigenvalue weighted by molar-refractivity contribution is 4.68. The topological polar surface area (TPSA) is 35.2 Å². The molecule has 1 atom stereocenters. The lowest BCUT2D eigenvalue weighted by Gasteiger charge is -2.25. The quantitative estimate of drug-likeness (QED) is 0.577. The molecule has 0 aromatic carbocycles. The van der Waals surface area contributed by atoms with Gasteiger partial charge in [0, 0.05) is 0 Å². The van der Waals surface area contributed by atoms with Gasteiger partial charge in [-0.3, -0.25) is 0 Å². The van der Waals surface area contributed by atoms with Crippen molar-refractivity contribution in [2.45, 2.75) is 27.7 Å². The van der Waals surface area contributed by atoms with Crippen molar-refractivity contribution in [1.29, 1.82) is 0 Å². The fraction of sp³-hybridized carbons (Fsp3) is 1.00. The van der Waals surface area contributed by atoms with Crippen molar-refractivity contribution < 1.29 is 4.84 Å². The third kappa shape index (κ3) is 3.49. The van der Waals surface area contributed by atoms with Gasteiger partial charge in [-0.2, -0.15) is 0 Å². The number of hydrogen-bond acceptors (Lipinski definition) is 2. The van der Waals surface area contributed by atoms with Crippen LogP contribution in [-0.4, -0.2) is 6.61 Å². The van der Waals surface area contributed by atoms with Gasteiger partial charge in [0.2, 0.25) is 0 Å². The van der Waals surface area contributed by atoms with Gasteiger partial charge < -0.3 is 4.84 Å². The molecule has 0 aliphatic heterocycles. The summed E-state index contributed by atoms with van der Waals surface area (Å²) in [4.78, 5) is 4.53. The molecule has 0 fully saturated rings. The van der Waals surface area contributed by atoms with Crippen LogP contribution in [0, 0.1) is 11.3 Å². The Balaban J connectivity index is 3.59. The van der Waals surface area contributed by atoms with Crippen LogP contribution in [0.3, 0.4) is 0 Å². The molecule has 0 spiro atoms. The maximum Gasteiger partial charge on any atom is 0.0709 e. The van der Waals surface area contributed by atoms with Crippen LogP contribution in [0.5, 0.6) is 0 Å². The molecule has 0 aromatic rings. The lowest BCUT2D eigenvalue weighted by atomic mass is 9.83. The van der Waals surface area contributed by atoms with Crippen molar-refractivity contribution in [1.82, 2.24) is 0 Å². The van der Waals surface area contributed by atoms with E-state index in [4.69, 9.17) is 5.90 Å². The minimum Gasteiger partial charge on any atom is -0.304 e. The molecule has 0 rings (SSSR count). The third-order valence-corrected chi connectivity index (χ3v) is 1.82. The summed E-state index contributed by atoms with van der Waals surface area (Å²) < 4.78 is 0. The van der Waals surface area contributed by atoms with Crippen molar-refractivity contribution in [3.63, 3.8) is 0 Å². The highest BCUT2D eigenvalue weighted by atomic mass is 16.6. The smallest absolute Gasteiger partial charge is 0.0709 e. The molecule has 0 saturated heterocycles. The van der Waals surface area contributed by atoms with Gasteiger partial charge in [0.1, 0.15) is 0 Å². The highest BCUT2D eigenvalue weighted by Gasteiger charge is 2.19.